The van der Waals surface area contributed by atoms with Gasteiger partial charge in [-0.25, -0.2) is 0 Å². The van der Waals surface area contributed by atoms with Crippen molar-refractivity contribution in [3.63, 3.8) is 0 Å². The zero-order valence-electron chi connectivity index (χ0n) is 12.6. The molecule has 2 heterocycles. The maximum Gasteiger partial charge on any atom is 0.318 e. The van der Waals surface area contributed by atoms with Gasteiger partial charge in [-0.05, 0) is 44.2 Å². The molecule has 21 heavy (non-hydrogen) atoms. The van der Waals surface area contributed by atoms with E-state index in [1.807, 2.05) is 0 Å². The average Bonchev–Trinajstić information content (AvgIpc) is 3.01. The Morgan fingerprint density at radius 2 is 2.33 bits per heavy atom. The highest BCUT2D eigenvalue weighted by Gasteiger charge is 2.33. The van der Waals surface area contributed by atoms with Crippen molar-refractivity contribution in [2.24, 2.45) is 0 Å². The fourth-order valence-electron chi connectivity index (χ4n) is 2.28. The molecule has 0 saturated heterocycles. The summed E-state index contributed by atoms with van der Waals surface area (Å²) in [5.41, 5.74) is 0. The highest BCUT2D eigenvalue weighted by molar-refractivity contribution is 7.09. The normalized spacial score (nSPS) is 16.1. The summed E-state index contributed by atoms with van der Waals surface area (Å²) in [6, 6.07) is 5.56. The number of aromatic nitrogens is 2. The Balaban J connectivity index is 1.70. The average molecular weight is 306 g/mol. The number of rotatable bonds is 8. The molecule has 1 unspecified atom stereocenters. The molecule has 1 fully saturated rings. The molecule has 1 aliphatic rings. The first-order valence-electron chi connectivity index (χ1n) is 7.63. The maximum atomic E-state index is 5.90. The van der Waals surface area contributed by atoms with Crippen molar-refractivity contribution in [3.8, 4) is 0 Å². The van der Waals surface area contributed by atoms with Crippen LogP contribution in [0.2, 0.25) is 0 Å². The molecule has 0 bridgehead atoms. The van der Waals surface area contributed by atoms with Crippen molar-refractivity contribution in [2.75, 3.05) is 11.4 Å². The van der Waals surface area contributed by atoms with Crippen LogP contribution < -0.4 is 10.2 Å². The lowest BCUT2D eigenvalue weighted by atomic mass is 10.3. The molecular weight excluding hydrogens is 284 g/mol. The Morgan fingerprint density at radius 1 is 1.48 bits per heavy atom. The SMILES string of the molecule is CCCNC(C)c1nnc(N(Cc2cccs2)C2CC2)o1. The van der Waals surface area contributed by atoms with Gasteiger partial charge in [0, 0.05) is 10.9 Å². The molecule has 0 amide bonds. The van der Waals surface area contributed by atoms with Crippen LogP contribution in [0.15, 0.2) is 21.9 Å². The minimum Gasteiger partial charge on any atom is -0.406 e. The molecule has 1 aliphatic carbocycles. The summed E-state index contributed by atoms with van der Waals surface area (Å²) in [4.78, 5) is 3.58. The van der Waals surface area contributed by atoms with E-state index in [2.05, 4.69) is 51.8 Å². The van der Waals surface area contributed by atoms with E-state index in [4.69, 9.17) is 4.42 Å². The lowest BCUT2D eigenvalue weighted by molar-refractivity contribution is 0.412. The van der Waals surface area contributed by atoms with E-state index in [1.165, 1.54) is 17.7 Å². The first-order chi connectivity index (χ1) is 10.3. The summed E-state index contributed by atoms with van der Waals surface area (Å²) in [7, 11) is 0. The zero-order valence-corrected chi connectivity index (χ0v) is 13.4. The molecule has 0 aliphatic heterocycles. The Hall–Kier alpha value is -1.40. The second kappa shape index (κ2) is 6.58. The van der Waals surface area contributed by atoms with E-state index in [1.54, 1.807) is 11.3 Å². The van der Waals surface area contributed by atoms with Crippen molar-refractivity contribution >= 4 is 17.4 Å². The number of thiophene rings is 1. The standard InChI is InChI=1S/C15H22N4OS/c1-3-8-16-11(2)14-17-18-15(20-14)19(12-6-7-12)10-13-5-4-9-21-13/h4-5,9,11-12,16H,3,6-8,10H2,1-2H3. The van der Waals surface area contributed by atoms with E-state index in [-0.39, 0.29) is 6.04 Å². The third-order valence-electron chi connectivity index (χ3n) is 3.64. The molecule has 0 spiro atoms. The first-order valence-corrected chi connectivity index (χ1v) is 8.51. The van der Waals surface area contributed by atoms with Gasteiger partial charge in [0.05, 0.1) is 12.6 Å². The summed E-state index contributed by atoms with van der Waals surface area (Å²) in [5, 5.41) is 14.0. The van der Waals surface area contributed by atoms with Gasteiger partial charge in [0.1, 0.15) is 0 Å². The number of hydrogen-bond acceptors (Lipinski definition) is 6. The highest BCUT2D eigenvalue weighted by atomic mass is 32.1. The summed E-state index contributed by atoms with van der Waals surface area (Å²) < 4.78 is 5.90. The second-order valence-corrected chi connectivity index (χ2v) is 6.57. The fraction of sp³-hybridized carbons (Fsp3) is 0.600. The van der Waals surface area contributed by atoms with Crippen molar-refractivity contribution in [1.82, 2.24) is 15.5 Å². The Kier molecular flexibility index (Phi) is 4.55. The van der Waals surface area contributed by atoms with Gasteiger partial charge >= 0.3 is 6.01 Å². The third-order valence-corrected chi connectivity index (χ3v) is 4.50. The number of nitrogens with zero attached hydrogens (tertiary/aromatic N) is 3. The van der Waals surface area contributed by atoms with Gasteiger partial charge in [-0.2, -0.15) is 0 Å². The second-order valence-electron chi connectivity index (χ2n) is 5.54. The molecule has 114 valence electrons. The van der Waals surface area contributed by atoms with Crippen molar-refractivity contribution in [2.45, 2.75) is 51.7 Å². The summed E-state index contributed by atoms with van der Waals surface area (Å²) in [6.07, 6.45) is 3.53. The Bertz CT molecular complexity index is 550. The van der Waals surface area contributed by atoms with Crippen LogP contribution >= 0.6 is 11.3 Å². The number of hydrogen-bond donors (Lipinski definition) is 1. The van der Waals surface area contributed by atoms with Crippen LogP contribution in [0, 0.1) is 0 Å². The zero-order chi connectivity index (χ0) is 14.7. The fourth-order valence-corrected chi connectivity index (χ4v) is 2.98. The van der Waals surface area contributed by atoms with E-state index < -0.39 is 0 Å². The van der Waals surface area contributed by atoms with Crippen LogP contribution in [-0.4, -0.2) is 22.8 Å². The number of anilines is 1. The molecule has 2 aromatic heterocycles. The van der Waals surface area contributed by atoms with Gasteiger partial charge in [0.2, 0.25) is 5.89 Å². The van der Waals surface area contributed by atoms with Crippen molar-refractivity contribution in [3.05, 3.63) is 28.3 Å². The molecule has 0 radical (unpaired) electrons. The first kappa shape index (κ1) is 14.5. The Labute approximate surface area is 129 Å². The van der Waals surface area contributed by atoms with Gasteiger partial charge < -0.3 is 14.6 Å². The quantitative estimate of drug-likeness (QED) is 0.810. The molecule has 1 N–H and O–H groups in total. The molecule has 3 rings (SSSR count). The summed E-state index contributed by atoms with van der Waals surface area (Å²) in [6.45, 7) is 6.03. The van der Waals surface area contributed by atoms with E-state index in [0.717, 1.165) is 19.5 Å². The molecule has 2 aromatic rings. The van der Waals surface area contributed by atoms with Gasteiger partial charge in [-0.3, -0.25) is 0 Å². The van der Waals surface area contributed by atoms with Crippen LogP contribution in [-0.2, 0) is 6.54 Å². The van der Waals surface area contributed by atoms with Crippen molar-refractivity contribution in [1.29, 1.82) is 0 Å². The molecule has 1 atom stereocenters. The molecule has 5 nitrogen and oxygen atoms in total. The van der Waals surface area contributed by atoms with Gasteiger partial charge in [-0.1, -0.05) is 18.1 Å². The smallest absolute Gasteiger partial charge is 0.318 e. The van der Waals surface area contributed by atoms with Crippen molar-refractivity contribution < 1.29 is 4.42 Å². The largest absolute Gasteiger partial charge is 0.406 e. The van der Waals surface area contributed by atoms with E-state index in [0.29, 0.717) is 17.9 Å². The lowest BCUT2D eigenvalue weighted by Gasteiger charge is -2.18. The minimum atomic E-state index is 0.106. The molecule has 0 aromatic carbocycles. The van der Waals surface area contributed by atoms with Gasteiger partial charge in [-0.15, -0.1) is 16.4 Å². The molecular formula is C15H22N4OS. The maximum absolute atomic E-state index is 5.90. The summed E-state index contributed by atoms with van der Waals surface area (Å²) in [5.74, 6) is 0.676. The van der Waals surface area contributed by atoms with Crippen LogP contribution in [0.4, 0.5) is 6.01 Å². The van der Waals surface area contributed by atoms with Gasteiger partial charge in [0.25, 0.3) is 0 Å². The van der Waals surface area contributed by atoms with Crippen LogP contribution in [0.3, 0.4) is 0 Å². The van der Waals surface area contributed by atoms with Crippen LogP contribution in [0.25, 0.3) is 0 Å². The van der Waals surface area contributed by atoms with E-state index in [9.17, 15) is 0 Å². The predicted molar refractivity (Wildman–Crippen MR) is 84.5 cm³/mol. The third kappa shape index (κ3) is 3.63. The van der Waals surface area contributed by atoms with Crippen LogP contribution in [0.5, 0.6) is 0 Å². The lowest BCUT2D eigenvalue weighted by Crippen LogP contribution is -2.24. The molecule has 1 saturated carbocycles. The minimum absolute atomic E-state index is 0.106. The topological polar surface area (TPSA) is 54.2 Å². The Morgan fingerprint density at radius 3 is 3.00 bits per heavy atom. The predicted octanol–water partition coefficient (Wildman–Crippen LogP) is 3.36. The van der Waals surface area contributed by atoms with E-state index >= 15 is 0 Å². The summed E-state index contributed by atoms with van der Waals surface area (Å²) >= 11 is 1.77. The van der Waals surface area contributed by atoms with Crippen LogP contribution in [0.1, 0.15) is 49.9 Å². The van der Waals surface area contributed by atoms with Gasteiger partial charge in [0.15, 0.2) is 0 Å². The number of nitrogens with one attached hydrogen (secondary N) is 1. The monoisotopic (exact) mass is 306 g/mol. The highest BCUT2D eigenvalue weighted by Crippen LogP contribution is 2.33. The molecule has 6 heteroatoms.